The molecule has 5 heteroatoms. The number of carbonyl (C=O) groups is 1. The van der Waals surface area contributed by atoms with E-state index in [1.165, 1.54) is 0 Å². The van der Waals surface area contributed by atoms with Crippen LogP contribution < -0.4 is 10.6 Å². The topological polar surface area (TPSA) is 62.5 Å². The average molecular weight is 296 g/mol. The summed E-state index contributed by atoms with van der Waals surface area (Å²) in [5.41, 5.74) is 8.40. The van der Waals surface area contributed by atoms with Crippen LogP contribution in [0.1, 0.15) is 16.1 Å². The van der Waals surface area contributed by atoms with Gasteiger partial charge in [-0.25, -0.2) is 4.98 Å². The minimum Gasteiger partial charge on any atom is -0.396 e. The molecule has 1 aromatic heterocycles. The van der Waals surface area contributed by atoms with E-state index in [-0.39, 0.29) is 5.91 Å². The summed E-state index contributed by atoms with van der Waals surface area (Å²) in [5.74, 6) is 0.914. The summed E-state index contributed by atoms with van der Waals surface area (Å²) in [6.07, 6.45) is 0. The molecule has 1 fully saturated rings. The third-order valence-electron chi connectivity index (χ3n) is 3.93. The van der Waals surface area contributed by atoms with Crippen LogP contribution >= 0.6 is 0 Å². The molecule has 5 nitrogen and oxygen atoms in total. The number of nitrogens with zero attached hydrogens (tertiary/aromatic N) is 3. The van der Waals surface area contributed by atoms with Crippen molar-refractivity contribution in [3.63, 3.8) is 0 Å². The highest BCUT2D eigenvalue weighted by Gasteiger charge is 2.23. The van der Waals surface area contributed by atoms with Crippen molar-refractivity contribution in [2.75, 3.05) is 36.8 Å². The quantitative estimate of drug-likeness (QED) is 0.920. The molecular weight excluding hydrogens is 276 g/mol. The van der Waals surface area contributed by atoms with E-state index in [4.69, 9.17) is 5.73 Å². The molecular formula is C17H20N4O. The van der Waals surface area contributed by atoms with Gasteiger partial charge in [0.05, 0.1) is 5.69 Å². The zero-order valence-corrected chi connectivity index (χ0v) is 12.7. The van der Waals surface area contributed by atoms with Crippen LogP contribution in [0.25, 0.3) is 0 Å². The van der Waals surface area contributed by atoms with E-state index in [2.05, 4.69) is 9.88 Å². The molecule has 0 saturated carbocycles. The van der Waals surface area contributed by atoms with Gasteiger partial charge < -0.3 is 15.5 Å². The van der Waals surface area contributed by atoms with Crippen molar-refractivity contribution in [1.82, 2.24) is 9.88 Å². The summed E-state index contributed by atoms with van der Waals surface area (Å²) in [7, 11) is 0. The summed E-state index contributed by atoms with van der Waals surface area (Å²) in [6.45, 7) is 4.82. The van der Waals surface area contributed by atoms with Crippen LogP contribution in [0.15, 0.2) is 42.5 Å². The molecule has 0 spiro atoms. The fourth-order valence-corrected chi connectivity index (χ4v) is 2.69. The Balaban J connectivity index is 1.68. The van der Waals surface area contributed by atoms with Crippen LogP contribution in [0, 0.1) is 6.92 Å². The van der Waals surface area contributed by atoms with Gasteiger partial charge in [-0.15, -0.1) is 0 Å². The largest absolute Gasteiger partial charge is 0.396 e. The molecule has 1 aromatic carbocycles. The molecule has 2 heterocycles. The molecule has 114 valence electrons. The Morgan fingerprint density at radius 1 is 1.05 bits per heavy atom. The lowest BCUT2D eigenvalue weighted by molar-refractivity contribution is 0.0746. The Morgan fingerprint density at radius 2 is 1.73 bits per heavy atom. The van der Waals surface area contributed by atoms with Crippen LogP contribution in [-0.4, -0.2) is 42.0 Å². The number of anilines is 2. The SMILES string of the molecule is Cc1ccc(N)c(N2CCN(C(=O)c3ccccc3)CC2)n1. The number of carbonyl (C=O) groups excluding carboxylic acids is 1. The van der Waals surface area contributed by atoms with Gasteiger partial charge in [-0.2, -0.15) is 0 Å². The van der Waals surface area contributed by atoms with Gasteiger partial charge in [0.2, 0.25) is 0 Å². The number of piperazine rings is 1. The monoisotopic (exact) mass is 296 g/mol. The predicted octanol–water partition coefficient (Wildman–Crippen LogP) is 1.93. The van der Waals surface area contributed by atoms with Crippen molar-refractivity contribution in [3.8, 4) is 0 Å². The van der Waals surface area contributed by atoms with Crippen LogP contribution in [0.5, 0.6) is 0 Å². The minimum atomic E-state index is 0.0884. The number of hydrogen-bond acceptors (Lipinski definition) is 4. The van der Waals surface area contributed by atoms with Crippen molar-refractivity contribution in [2.24, 2.45) is 0 Å². The fraction of sp³-hybridized carbons (Fsp3) is 0.294. The lowest BCUT2D eigenvalue weighted by Gasteiger charge is -2.36. The van der Waals surface area contributed by atoms with Gasteiger partial charge in [-0.3, -0.25) is 4.79 Å². The second-order valence-electron chi connectivity index (χ2n) is 5.51. The maximum atomic E-state index is 12.4. The van der Waals surface area contributed by atoms with Gasteiger partial charge in [0, 0.05) is 37.4 Å². The standard InChI is InChI=1S/C17H20N4O/c1-13-7-8-15(18)16(19-13)20-9-11-21(12-10-20)17(22)14-5-3-2-4-6-14/h2-8H,9-12,18H2,1H3. The molecule has 22 heavy (non-hydrogen) atoms. The zero-order chi connectivity index (χ0) is 15.5. The molecule has 0 atom stereocenters. The normalized spacial score (nSPS) is 15.0. The maximum Gasteiger partial charge on any atom is 0.253 e. The van der Waals surface area contributed by atoms with Crippen LogP contribution in [0.3, 0.4) is 0 Å². The van der Waals surface area contributed by atoms with Gasteiger partial charge in [0.15, 0.2) is 5.82 Å². The second kappa shape index (κ2) is 6.05. The van der Waals surface area contributed by atoms with Gasteiger partial charge >= 0.3 is 0 Å². The van der Waals surface area contributed by atoms with Crippen LogP contribution in [0.4, 0.5) is 11.5 Å². The number of benzene rings is 1. The molecule has 2 aromatic rings. The fourth-order valence-electron chi connectivity index (χ4n) is 2.69. The third kappa shape index (κ3) is 2.88. The third-order valence-corrected chi connectivity index (χ3v) is 3.93. The highest BCUT2D eigenvalue weighted by molar-refractivity contribution is 5.94. The first kappa shape index (κ1) is 14.4. The molecule has 0 bridgehead atoms. The first-order valence-corrected chi connectivity index (χ1v) is 7.47. The van der Waals surface area contributed by atoms with Crippen molar-refractivity contribution in [1.29, 1.82) is 0 Å². The first-order valence-electron chi connectivity index (χ1n) is 7.47. The van der Waals surface area contributed by atoms with Crippen molar-refractivity contribution < 1.29 is 4.79 Å². The van der Waals surface area contributed by atoms with Gasteiger partial charge in [0.25, 0.3) is 5.91 Å². The van der Waals surface area contributed by atoms with Crippen LogP contribution in [-0.2, 0) is 0 Å². The van der Waals surface area contributed by atoms with E-state index >= 15 is 0 Å². The summed E-state index contributed by atoms with van der Waals surface area (Å²) in [4.78, 5) is 21.0. The van der Waals surface area contributed by atoms with E-state index in [0.717, 1.165) is 30.2 Å². The summed E-state index contributed by atoms with van der Waals surface area (Å²) in [5, 5.41) is 0. The first-order chi connectivity index (χ1) is 10.6. The molecule has 0 unspecified atom stereocenters. The molecule has 1 saturated heterocycles. The van der Waals surface area contributed by atoms with Crippen molar-refractivity contribution >= 4 is 17.4 Å². The number of hydrogen-bond donors (Lipinski definition) is 1. The van der Waals surface area contributed by atoms with Gasteiger partial charge in [-0.05, 0) is 31.2 Å². The number of nitrogen functional groups attached to an aromatic ring is 1. The van der Waals surface area contributed by atoms with Crippen molar-refractivity contribution in [2.45, 2.75) is 6.92 Å². The van der Waals surface area contributed by atoms with E-state index in [1.807, 2.05) is 54.3 Å². The lowest BCUT2D eigenvalue weighted by Crippen LogP contribution is -2.49. The van der Waals surface area contributed by atoms with Gasteiger partial charge in [-0.1, -0.05) is 18.2 Å². The molecule has 1 aliphatic heterocycles. The number of nitrogens with two attached hydrogens (primary N) is 1. The number of aromatic nitrogens is 1. The van der Waals surface area contributed by atoms with Crippen molar-refractivity contribution in [3.05, 3.63) is 53.7 Å². The summed E-state index contributed by atoms with van der Waals surface area (Å²) >= 11 is 0. The van der Waals surface area contributed by atoms with E-state index < -0.39 is 0 Å². The zero-order valence-electron chi connectivity index (χ0n) is 12.7. The number of aryl methyl sites for hydroxylation is 1. The smallest absolute Gasteiger partial charge is 0.253 e. The van der Waals surface area contributed by atoms with Crippen LogP contribution in [0.2, 0.25) is 0 Å². The Morgan fingerprint density at radius 3 is 2.41 bits per heavy atom. The Hall–Kier alpha value is -2.56. The maximum absolute atomic E-state index is 12.4. The minimum absolute atomic E-state index is 0.0884. The number of pyridine rings is 1. The average Bonchev–Trinajstić information content (AvgIpc) is 2.57. The predicted molar refractivity (Wildman–Crippen MR) is 87.9 cm³/mol. The molecule has 1 amide bonds. The lowest BCUT2D eigenvalue weighted by atomic mass is 10.2. The highest BCUT2D eigenvalue weighted by Crippen LogP contribution is 2.22. The number of amides is 1. The molecule has 0 radical (unpaired) electrons. The second-order valence-corrected chi connectivity index (χ2v) is 5.51. The summed E-state index contributed by atoms with van der Waals surface area (Å²) in [6, 6.07) is 13.2. The van der Waals surface area contributed by atoms with E-state index in [1.54, 1.807) is 0 Å². The number of rotatable bonds is 2. The Labute approximate surface area is 130 Å². The molecule has 0 aliphatic carbocycles. The molecule has 3 rings (SSSR count). The van der Waals surface area contributed by atoms with E-state index in [0.29, 0.717) is 18.8 Å². The van der Waals surface area contributed by atoms with Gasteiger partial charge in [0.1, 0.15) is 0 Å². The molecule has 2 N–H and O–H groups in total. The Kier molecular flexibility index (Phi) is 3.96. The van der Waals surface area contributed by atoms with E-state index in [9.17, 15) is 4.79 Å². The summed E-state index contributed by atoms with van der Waals surface area (Å²) < 4.78 is 0. The highest BCUT2D eigenvalue weighted by atomic mass is 16.2. The molecule has 1 aliphatic rings. The Bertz CT molecular complexity index is 664.